The Labute approximate surface area is 129 Å². The largest absolute Gasteiger partial charge is 0.389 e. The first kappa shape index (κ1) is 16.2. The van der Waals surface area contributed by atoms with Gasteiger partial charge >= 0.3 is 0 Å². The van der Waals surface area contributed by atoms with Crippen molar-refractivity contribution in [2.75, 3.05) is 13.6 Å². The van der Waals surface area contributed by atoms with Gasteiger partial charge in [0.05, 0.1) is 11.2 Å². The summed E-state index contributed by atoms with van der Waals surface area (Å²) in [7, 11) is -2.45. The highest BCUT2D eigenvalue weighted by molar-refractivity contribution is 7.89. The SMILES string of the molecule is CN(CC1(O)CCCC1)S(=O)(=O)c1cc(Cl)ccc1C#N. The average molecular weight is 329 g/mol. The lowest BCUT2D eigenvalue weighted by atomic mass is 10.0. The van der Waals surface area contributed by atoms with Gasteiger partial charge in [0.1, 0.15) is 11.0 Å². The highest BCUT2D eigenvalue weighted by Crippen LogP contribution is 2.32. The van der Waals surface area contributed by atoms with E-state index in [1.807, 2.05) is 6.07 Å². The van der Waals surface area contributed by atoms with E-state index in [2.05, 4.69) is 0 Å². The van der Waals surface area contributed by atoms with Gasteiger partial charge in [-0.25, -0.2) is 8.42 Å². The van der Waals surface area contributed by atoms with Crippen LogP contribution in [0.25, 0.3) is 0 Å². The number of likely N-dealkylation sites (N-methyl/N-ethyl adjacent to an activating group) is 1. The highest BCUT2D eigenvalue weighted by atomic mass is 35.5. The van der Waals surface area contributed by atoms with Crippen LogP contribution in [0, 0.1) is 11.3 Å². The topological polar surface area (TPSA) is 81.4 Å². The van der Waals surface area contributed by atoms with Crippen LogP contribution >= 0.6 is 11.6 Å². The van der Waals surface area contributed by atoms with Gasteiger partial charge in [0.2, 0.25) is 10.0 Å². The van der Waals surface area contributed by atoms with Crippen LogP contribution in [0.1, 0.15) is 31.2 Å². The monoisotopic (exact) mass is 328 g/mol. The maximum Gasteiger partial charge on any atom is 0.244 e. The molecule has 0 amide bonds. The Morgan fingerprint density at radius 2 is 2.05 bits per heavy atom. The third kappa shape index (κ3) is 3.38. The normalized spacial score (nSPS) is 17.9. The number of aliphatic hydroxyl groups is 1. The van der Waals surface area contributed by atoms with Gasteiger partial charge in [-0.05, 0) is 31.0 Å². The van der Waals surface area contributed by atoms with Crippen molar-refractivity contribution in [3.8, 4) is 6.07 Å². The summed E-state index contributed by atoms with van der Waals surface area (Å²) in [5, 5.41) is 19.7. The zero-order valence-corrected chi connectivity index (χ0v) is 13.3. The molecule has 5 nitrogen and oxygen atoms in total. The van der Waals surface area contributed by atoms with Crippen LogP contribution in [-0.4, -0.2) is 37.0 Å². The molecule has 114 valence electrons. The maximum atomic E-state index is 12.6. The fourth-order valence-electron chi connectivity index (χ4n) is 2.66. The molecular formula is C14H17ClN2O3S. The van der Waals surface area contributed by atoms with Gasteiger partial charge in [-0.2, -0.15) is 9.57 Å². The maximum absolute atomic E-state index is 12.6. The molecule has 0 bridgehead atoms. The fourth-order valence-corrected chi connectivity index (χ4v) is 4.31. The Morgan fingerprint density at radius 1 is 1.43 bits per heavy atom. The molecule has 0 saturated heterocycles. The van der Waals surface area contributed by atoms with Crippen molar-refractivity contribution in [3.63, 3.8) is 0 Å². The average Bonchev–Trinajstić information content (AvgIpc) is 2.85. The molecule has 7 heteroatoms. The standard InChI is InChI=1S/C14H17ClN2O3S/c1-17(10-14(18)6-2-3-7-14)21(19,20)13-8-12(15)5-4-11(13)9-16/h4-5,8,18H,2-3,6-7,10H2,1H3. The minimum atomic E-state index is -3.86. The third-order valence-electron chi connectivity index (χ3n) is 3.80. The van der Waals surface area contributed by atoms with Crippen LogP contribution in [0.15, 0.2) is 23.1 Å². The zero-order valence-electron chi connectivity index (χ0n) is 11.7. The second-order valence-electron chi connectivity index (χ2n) is 5.44. The summed E-state index contributed by atoms with van der Waals surface area (Å²) >= 11 is 5.84. The molecule has 0 aromatic heterocycles. The van der Waals surface area contributed by atoms with E-state index in [-0.39, 0.29) is 22.0 Å². The quantitative estimate of drug-likeness (QED) is 0.918. The van der Waals surface area contributed by atoms with Crippen molar-refractivity contribution in [3.05, 3.63) is 28.8 Å². The number of benzene rings is 1. The predicted octanol–water partition coefficient (Wildman–Crippen LogP) is 2.14. The summed E-state index contributed by atoms with van der Waals surface area (Å²) in [6.07, 6.45) is 2.97. The number of nitrogens with zero attached hydrogens (tertiary/aromatic N) is 2. The molecular weight excluding hydrogens is 312 g/mol. The van der Waals surface area contributed by atoms with E-state index in [9.17, 15) is 13.5 Å². The molecule has 1 aromatic carbocycles. The Balaban J connectivity index is 2.33. The number of hydrogen-bond donors (Lipinski definition) is 1. The fraction of sp³-hybridized carbons (Fsp3) is 0.500. The lowest BCUT2D eigenvalue weighted by Gasteiger charge is -2.28. The molecule has 0 spiro atoms. The van der Waals surface area contributed by atoms with Gasteiger partial charge in [0, 0.05) is 18.6 Å². The van der Waals surface area contributed by atoms with E-state index in [0.717, 1.165) is 17.1 Å². The van der Waals surface area contributed by atoms with Crippen molar-refractivity contribution >= 4 is 21.6 Å². The van der Waals surface area contributed by atoms with Crippen LogP contribution in [0.2, 0.25) is 5.02 Å². The molecule has 1 fully saturated rings. The van der Waals surface area contributed by atoms with Crippen molar-refractivity contribution in [2.24, 2.45) is 0 Å². The van der Waals surface area contributed by atoms with Crippen molar-refractivity contribution in [1.82, 2.24) is 4.31 Å². The van der Waals surface area contributed by atoms with Crippen LogP contribution in [0.3, 0.4) is 0 Å². The Morgan fingerprint density at radius 3 is 2.62 bits per heavy atom. The summed E-state index contributed by atoms with van der Waals surface area (Å²) in [4.78, 5) is -0.124. The molecule has 0 aliphatic heterocycles. The van der Waals surface area contributed by atoms with Gasteiger partial charge in [-0.3, -0.25) is 0 Å². The number of nitriles is 1. The zero-order chi connectivity index (χ0) is 15.7. The van der Waals surface area contributed by atoms with E-state index in [1.54, 1.807) is 0 Å². The van der Waals surface area contributed by atoms with Crippen LogP contribution in [0.4, 0.5) is 0 Å². The lowest BCUT2D eigenvalue weighted by Crippen LogP contribution is -2.42. The second-order valence-corrected chi connectivity index (χ2v) is 7.89. The minimum Gasteiger partial charge on any atom is -0.389 e. The smallest absolute Gasteiger partial charge is 0.244 e. The number of rotatable bonds is 4. The van der Waals surface area contributed by atoms with Crippen molar-refractivity contribution in [1.29, 1.82) is 5.26 Å². The third-order valence-corrected chi connectivity index (χ3v) is 5.88. The van der Waals surface area contributed by atoms with Crippen LogP contribution < -0.4 is 0 Å². The summed E-state index contributed by atoms with van der Waals surface area (Å²) in [6.45, 7) is 0.0206. The number of sulfonamides is 1. The van der Waals surface area contributed by atoms with Crippen LogP contribution in [-0.2, 0) is 10.0 Å². The molecule has 0 radical (unpaired) electrons. The van der Waals surface area contributed by atoms with Crippen molar-refractivity contribution in [2.45, 2.75) is 36.2 Å². The van der Waals surface area contributed by atoms with Gasteiger partial charge in [0.15, 0.2) is 0 Å². The minimum absolute atomic E-state index is 0.0206. The van der Waals surface area contributed by atoms with E-state index >= 15 is 0 Å². The molecule has 2 rings (SSSR count). The van der Waals surface area contributed by atoms with Gasteiger partial charge < -0.3 is 5.11 Å². The first-order valence-corrected chi connectivity index (χ1v) is 8.49. The van der Waals surface area contributed by atoms with Gasteiger partial charge in [-0.15, -0.1) is 0 Å². The van der Waals surface area contributed by atoms with Crippen molar-refractivity contribution < 1.29 is 13.5 Å². The van der Waals surface area contributed by atoms with Gasteiger partial charge in [-0.1, -0.05) is 24.4 Å². The summed E-state index contributed by atoms with van der Waals surface area (Å²) in [5.41, 5.74) is -0.933. The Hall–Kier alpha value is -1.13. The van der Waals surface area contributed by atoms with E-state index in [1.165, 1.54) is 25.2 Å². The first-order valence-electron chi connectivity index (χ1n) is 6.67. The number of hydrogen-bond acceptors (Lipinski definition) is 4. The van der Waals surface area contributed by atoms with E-state index in [0.29, 0.717) is 12.8 Å². The molecule has 21 heavy (non-hydrogen) atoms. The molecule has 0 heterocycles. The van der Waals surface area contributed by atoms with E-state index in [4.69, 9.17) is 16.9 Å². The second kappa shape index (κ2) is 5.93. The summed E-state index contributed by atoms with van der Waals surface area (Å²) in [6, 6.07) is 5.99. The predicted molar refractivity (Wildman–Crippen MR) is 79.4 cm³/mol. The lowest BCUT2D eigenvalue weighted by molar-refractivity contribution is 0.0333. The summed E-state index contributed by atoms with van der Waals surface area (Å²) < 4.78 is 26.3. The molecule has 1 saturated carbocycles. The Bertz CT molecular complexity index is 676. The first-order chi connectivity index (χ1) is 9.78. The Kier molecular flexibility index (Phi) is 4.59. The molecule has 1 aliphatic carbocycles. The molecule has 1 N–H and O–H groups in total. The summed E-state index contributed by atoms with van der Waals surface area (Å²) in [5.74, 6) is 0. The molecule has 1 aliphatic rings. The van der Waals surface area contributed by atoms with Gasteiger partial charge in [0.25, 0.3) is 0 Å². The molecule has 0 unspecified atom stereocenters. The van der Waals surface area contributed by atoms with Crippen LogP contribution in [0.5, 0.6) is 0 Å². The highest BCUT2D eigenvalue weighted by Gasteiger charge is 2.36. The molecule has 1 aromatic rings. The number of halogens is 1. The molecule has 0 atom stereocenters. The van der Waals surface area contributed by atoms with E-state index < -0.39 is 15.6 Å².